The van der Waals surface area contributed by atoms with Crippen LogP contribution in [-0.2, 0) is 0 Å². The minimum absolute atomic E-state index is 0.103. The topological polar surface area (TPSA) is 122 Å². The Kier molecular flexibility index (Phi) is 3.90. The molecule has 8 nitrogen and oxygen atoms in total. The van der Waals surface area contributed by atoms with E-state index in [9.17, 15) is 20.2 Å². The summed E-state index contributed by atoms with van der Waals surface area (Å²) in [5.41, 5.74) is 4.56. The van der Waals surface area contributed by atoms with Crippen LogP contribution in [0.2, 0.25) is 5.02 Å². The number of anilines is 1. The minimum atomic E-state index is -0.716. The van der Waals surface area contributed by atoms with Gasteiger partial charge in [0, 0.05) is 11.1 Å². The molecule has 108 valence electrons. The second kappa shape index (κ2) is 5.63. The minimum Gasteiger partial charge on any atom is -0.443 e. The normalized spacial score (nSPS) is 10.1. The zero-order valence-electron chi connectivity index (χ0n) is 10.4. The number of benzene rings is 2. The van der Waals surface area contributed by atoms with E-state index in [2.05, 4.69) is 0 Å². The van der Waals surface area contributed by atoms with E-state index in [1.165, 1.54) is 30.3 Å². The second-order valence-corrected chi connectivity index (χ2v) is 4.36. The Bertz CT molecular complexity index is 735. The maximum Gasteiger partial charge on any atom is 0.334 e. The van der Waals surface area contributed by atoms with Crippen molar-refractivity contribution in [3.63, 3.8) is 0 Å². The number of rotatable bonds is 4. The first-order valence-corrected chi connectivity index (χ1v) is 5.92. The first kappa shape index (κ1) is 14.5. The number of nitrogens with two attached hydrogens (primary N) is 1. The van der Waals surface area contributed by atoms with E-state index in [-0.39, 0.29) is 22.2 Å². The number of nitrogens with zero attached hydrogens (tertiary/aromatic N) is 2. The van der Waals surface area contributed by atoms with Gasteiger partial charge in [0.15, 0.2) is 0 Å². The van der Waals surface area contributed by atoms with Gasteiger partial charge < -0.3 is 10.5 Å². The number of ether oxygens (including phenoxy) is 1. The van der Waals surface area contributed by atoms with E-state index < -0.39 is 21.2 Å². The zero-order valence-corrected chi connectivity index (χ0v) is 11.1. The van der Waals surface area contributed by atoms with Gasteiger partial charge >= 0.3 is 11.4 Å². The molecule has 0 unspecified atom stereocenters. The number of nitrogen functional groups attached to an aromatic ring is 1. The number of halogens is 1. The summed E-state index contributed by atoms with van der Waals surface area (Å²) in [5.74, 6) is -0.358. The number of nitro benzene ring substituents is 2. The second-order valence-electron chi connectivity index (χ2n) is 3.92. The van der Waals surface area contributed by atoms with Crippen molar-refractivity contribution in [2.75, 3.05) is 5.73 Å². The van der Waals surface area contributed by atoms with Crippen LogP contribution in [0.5, 0.6) is 11.5 Å². The molecule has 0 aliphatic heterocycles. The summed E-state index contributed by atoms with van der Waals surface area (Å²) in [6.45, 7) is 0. The molecule has 21 heavy (non-hydrogen) atoms. The molecule has 0 fully saturated rings. The molecule has 0 spiro atoms. The first-order chi connectivity index (χ1) is 9.90. The van der Waals surface area contributed by atoms with Crippen LogP contribution in [-0.4, -0.2) is 9.85 Å². The van der Waals surface area contributed by atoms with Gasteiger partial charge in [-0.25, -0.2) is 0 Å². The lowest BCUT2D eigenvalue weighted by Crippen LogP contribution is -1.99. The molecule has 2 aromatic carbocycles. The standard InChI is InChI=1S/C12H8ClN3O5/c13-7-4-5-10(9(6-7)15(17)18)21-11-3-1-2-8(14)12(11)16(19)20/h1-6H,14H2. The average molecular weight is 310 g/mol. The SMILES string of the molecule is Nc1cccc(Oc2ccc(Cl)cc2[N+](=O)[O-])c1[N+](=O)[O-]. The van der Waals surface area contributed by atoms with Crippen LogP contribution in [0.25, 0.3) is 0 Å². The van der Waals surface area contributed by atoms with Crippen molar-refractivity contribution in [2.24, 2.45) is 0 Å². The van der Waals surface area contributed by atoms with E-state index >= 15 is 0 Å². The van der Waals surface area contributed by atoms with Crippen LogP contribution in [0, 0.1) is 20.2 Å². The fourth-order valence-corrected chi connectivity index (χ4v) is 1.82. The molecular formula is C12H8ClN3O5. The molecule has 2 aromatic rings. The van der Waals surface area contributed by atoms with Crippen molar-refractivity contribution in [3.8, 4) is 11.5 Å². The average Bonchev–Trinajstić information content (AvgIpc) is 2.40. The molecule has 0 amide bonds. The third-order valence-corrected chi connectivity index (χ3v) is 2.79. The fourth-order valence-electron chi connectivity index (χ4n) is 1.66. The smallest absolute Gasteiger partial charge is 0.334 e. The number of nitro groups is 2. The monoisotopic (exact) mass is 309 g/mol. The van der Waals surface area contributed by atoms with Gasteiger partial charge in [-0.05, 0) is 24.3 Å². The van der Waals surface area contributed by atoms with Crippen molar-refractivity contribution >= 4 is 28.7 Å². The van der Waals surface area contributed by atoms with Gasteiger partial charge in [-0.2, -0.15) is 0 Å². The molecule has 2 rings (SSSR count). The highest BCUT2D eigenvalue weighted by Gasteiger charge is 2.23. The molecule has 0 aliphatic rings. The Labute approximate surface area is 123 Å². The maximum absolute atomic E-state index is 11.0. The van der Waals surface area contributed by atoms with E-state index in [4.69, 9.17) is 22.1 Å². The molecule has 0 heterocycles. The Balaban J connectivity index is 2.51. The molecule has 0 aliphatic carbocycles. The van der Waals surface area contributed by atoms with Gasteiger partial charge in [0.1, 0.15) is 5.69 Å². The van der Waals surface area contributed by atoms with Gasteiger partial charge in [0.2, 0.25) is 11.5 Å². The summed E-state index contributed by atoms with van der Waals surface area (Å²) in [6, 6.07) is 7.80. The van der Waals surface area contributed by atoms with Gasteiger partial charge in [0.05, 0.1) is 9.85 Å². The van der Waals surface area contributed by atoms with Crippen LogP contribution < -0.4 is 10.5 Å². The van der Waals surface area contributed by atoms with Gasteiger partial charge in [-0.15, -0.1) is 0 Å². The molecule has 0 bridgehead atoms. The predicted molar refractivity (Wildman–Crippen MR) is 75.7 cm³/mol. The Hall–Kier alpha value is -2.87. The highest BCUT2D eigenvalue weighted by atomic mass is 35.5. The Morgan fingerprint density at radius 1 is 1.05 bits per heavy atom. The highest BCUT2D eigenvalue weighted by Crippen LogP contribution is 2.39. The Morgan fingerprint density at radius 2 is 1.76 bits per heavy atom. The lowest BCUT2D eigenvalue weighted by atomic mass is 10.2. The van der Waals surface area contributed by atoms with E-state index in [1.807, 2.05) is 0 Å². The zero-order chi connectivity index (χ0) is 15.6. The highest BCUT2D eigenvalue weighted by molar-refractivity contribution is 6.30. The third kappa shape index (κ3) is 3.00. The molecule has 0 aromatic heterocycles. The first-order valence-electron chi connectivity index (χ1n) is 5.55. The molecule has 0 radical (unpaired) electrons. The molecule has 2 N–H and O–H groups in total. The molecule has 0 saturated carbocycles. The van der Waals surface area contributed by atoms with Crippen molar-refractivity contribution < 1.29 is 14.6 Å². The van der Waals surface area contributed by atoms with E-state index in [1.54, 1.807) is 0 Å². The maximum atomic E-state index is 11.0. The third-order valence-electron chi connectivity index (χ3n) is 2.55. The summed E-state index contributed by atoms with van der Waals surface area (Å²) in [4.78, 5) is 20.5. The fraction of sp³-hybridized carbons (Fsp3) is 0. The summed E-state index contributed by atoms with van der Waals surface area (Å²) >= 11 is 5.68. The quantitative estimate of drug-likeness (QED) is 0.523. The van der Waals surface area contributed by atoms with Crippen LogP contribution in [0.15, 0.2) is 36.4 Å². The van der Waals surface area contributed by atoms with Gasteiger partial charge in [-0.1, -0.05) is 17.7 Å². The number of para-hydroxylation sites is 1. The molecule has 0 saturated heterocycles. The van der Waals surface area contributed by atoms with Gasteiger partial charge in [0.25, 0.3) is 0 Å². The lowest BCUT2D eigenvalue weighted by molar-refractivity contribution is -0.387. The van der Waals surface area contributed by atoms with Crippen LogP contribution in [0.1, 0.15) is 0 Å². The van der Waals surface area contributed by atoms with Crippen LogP contribution in [0.3, 0.4) is 0 Å². The number of hydrogen-bond donors (Lipinski definition) is 1. The summed E-state index contributed by atoms with van der Waals surface area (Å²) in [7, 11) is 0. The lowest BCUT2D eigenvalue weighted by Gasteiger charge is -2.08. The largest absolute Gasteiger partial charge is 0.443 e. The molecular weight excluding hydrogens is 302 g/mol. The summed E-state index contributed by atoms with van der Waals surface area (Å²) in [5, 5.41) is 22.1. The molecule has 0 atom stereocenters. The summed E-state index contributed by atoms with van der Waals surface area (Å²) in [6.07, 6.45) is 0. The molecule has 9 heteroatoms. The van der Waals surface area contributed by atoms with Crippen molar-refractivity contribution in [1.82, 2.24) is 0 Å². The number of hydrogen-bond acceptors (Lipinski definition) is 6. The van der Waals surface area contributed by atoms with Crippen molar-refractivity contribution in [3.05, 3.63) is 61.6 Å². The van der Waals surface area contributed by atoms with Crippen LogP contribution >= 0.6 is 11.6 Å². The predicted octanol–water partition coefficient (Wildman–Crippen LogP) is 3.53. The van der Waals surface area contributed by atoms with E-state index in [0.717, 1.165) is 6.07 Å². The van der Waals surface area contributed by atoms with E-state index in [0.29, 0.717) is 0 Å². The van der Waals surface area contributed by atoms with Crippen molar-refractivity contribution in [2.45, 2.75) is 0 Å². The Morgan fingerprint density at radius 3 is 2.38 bits per heavy atom. The van der Waals surface area contributed by atoms with Crippen LogP contribution in [0.4, 0.5) is 17.1 Å². The summed E-state index contributed by atoms with van der Waals surface area (Å²) < 4.78 is 5.28. The van der Waals surface area contributed by atoms with Gasteiger partial charge in [-0.3, -0.25) is 20.2 Å². The van der Waals surface area contributed by atoms with Crippen molar-refractivity contribution in [1.29, 1.82) is 0 Å².